The van der Waals surface area contributed by atoms with Crippen molar-refractivity contribution in [1.29, 1.82) is 0 Å². The molecule has 2 unspecified atom stereocenters. The fourth-order valence-corrected chi connectivity index (χ4v) is 3.50. The van der Waals surface area contributed by atoms with Crippen LogP contribution in [0.15, 0.2) is 12.1 Å². The topological polar surface area (TPSA) is 58.4 Å². The van der Waals surface area contributed by atoms with E-state index in [-0.39, 0.29) is 24.4 Å². The van der Waals surface area contributed by atoms with E-state index in [4.69, 9.17) is 40.5 Å². The van der Waals surface area contributed by atoms with Crippen molar-refractivity contribution in [1.82, 2.24) is 4.90 Å². The van der Waals surface area contributed by atoms with Crippen LogP contribution in [0.4, 0.5) is 5.69 Å². The van der Waals surface area contributed by atoms with Gasteiger partial charge in [0.25, 0.3) is 0 Å². The quantitative estimate of drug-likeness (QED) is 0.749. The van der Waals surface area contributed by atoms with Crippen molar-refractivity contribution in [3.05, 3.63) is 27.2 Å². The molecule has 0 bridgehead atoms. The van der Waals surface area contributed by atoms with Crippen LogP contribution in [0, 0.1) is 5.92 Å². The van der Waals surface area contributed by atoms with E-state index in [1.54, 1.807) is 6.07 Å². The molecule has 130 valence electrons. The van der Waals surface area contributed by atoms with E-state index in [0.717, 1.165) is 19.4 Å². The summed E-state index contributed by atoms with van der Waals surface area (Å²) in [6.45, 7) is 3.91. The van der Waals surface area contributed by atoms with Gasteiger partial charge < -0.3 is 11.1 Å². The summed E-state index contributed by atoms with van der Waals surface area (Å²) in [6.07, 6.45) is 2.23. The van der Waals surface area contributed by atoms with Gasteiger partial charge in [-0.05, 0) is 37.4 Å². The van der Waals surface area contributed by atoms with Crippen LogP contribution in [0.3, 0.4) is 0 Å². The van der Waals surface area contributed by atoms with Gasteiger partial charge in [0.15, 0.2) is 0 Å². The third-order valence-electron chi connectivity index (χ3n) is 4.10. The molecule has 2 atom stereocenters. The number of piperidine rings is 1. The summed E-state index contributed by atoms with van der Waals surface area (Å²) in [5.41, 5.74) is 6.31. The molecule has 0 saturated carbocycles. The number of benzene rings is 1. The molecule has 1 saturated heterocycles. The Hall–Kier alpha value is -0.230. The third kappa shape index (κ3) is 5.38. The number of nitrogens with two attached hydrogens (primary N) is 1. The number of nitrogens with zero attached hydrogens (tertiary/aromatic N) is 1. The van der Waals surface area contributed by atoms with Crippen molar-refractivity contribution in [3.63, 3.8) is 0 Å². The monoisotopic (exact) mass is 399 g/mol. The first kappa shape index (κ1) is 20.8. The van der Waals surface area contributed by atoms with E-state index < -0.39 is 0 Å². The Bertz CT molecular complexity index is 556. The van der Waals surface area contributed by atoms with Crippen molar-refractivity contribution in [2.45, 2.75) is 25.8 Å². The van der Waals surface area contributed by atoms with E-state index in [1.807, 2.05) is 0 Å². The molecule has 1 aromatic rings. The van der Waals surface area contributed by atoms with Crippen LogP contribution in [0.1, 0.15) is 19.8 Å². The number of amides is 1. The molecule has 0 aliphatic carbocycles. The van der Waals surface area contributed by atoms with Crippen molar-refractivity contribution in [3.8, 4) is 0 Å². The lowest BCUT2D eigenvalue weighted by atomic mass is 9.91. The first-order valence-corrected chi connectivity index (χ1v) is 8.44. The number of hydrogen-bond donors (Lipinski definition) is 2. The molecule has 1 fully saturated rings. The summed E-state index contributed by atoms with van der Waals surface area (Å²) in [4.78, 5) is 14.4. The largest absolute Gasteiger partial charge is 0.329 e. The number of hydrogen-bond acceptors (Lipinski definition) is 3. The Morgan fingerprint density at radius 3 is 2.61 bits per heavy atom. The molecule has 0 spiro atoms. The molecule has 0 aromatic heterocycles. The number of rotatable bonds is 4. The highest BCUT2D eigenvalue weighted by Crippen LogP contribution is 2.32. The zero-order valence-electron chi connectivity index (χ0n) is 12.8. The van der Waals surface area contributed by atoms with E-state index in [9.17, 15) is 4.79 Å². The lowest BCUT2D eigenvalue weighted by Crippen LogP contribution is -2.51. The smallest absolute Gasteiger partial charge is 0.238 e. The summed E-state index contributed by atoms with van der Waals surface area (Å²) in [7, 11) is 0. The van der Waals surface area contributed by atoms with Crippen LogP contribution in [-0.2, 0) is 4.79 Å². The zero-order chi connectivity index (χ0) is 16.3. The third-order valence-corrected chi connectivity index (χ3v) is 5.14. The first-order valence-electron chi connectivity index (χ1n) is 7.31. The van der Waals surface area contributed by atoms with Crippen LogP contribution < -0.4 is 11.1 Å². The number of carbonyl (C=O) groups excluding carboxylic acids is 1. The Balaban J connectivity index is 0.00000264. The Kier molecular flexibility index (Phi) is 8.42. The highest BCUT2D eigenvalue weighted by molar-refractivity contribution is 6.44. The van der Waals surface area contributed by atoms with Gasteiger partial charge >= 0.3 is 0 Å². The van der Waals surface area contributed by atoms with Crippen molar-refractivity contribution < 1.29 is 4.79 Å². The average molecular weight is 401 g/mol. The van der Waals surface area contributed by atoms with Crippen LogP contribution in [0.2, 0.25) is 15.1 Å². The zero-order valence-corrected chi connectivity index (χ0v) is 15.9. The van der Waals surface area contributed by atoms with Crippen molar-refractivity contribution in [2.75, 3.05) is 25.0 Å². The molecule has 1 aliphatic heterocycles. The second-order valence-electron chi connectivity index (χ2n) is 5.69. The molecule has 1 aromatic carbocycles. The number of likely N-dealkylation sites (tertiary alicyclic amines) is 1. The minimum absolute atomic E-state index is 0. The highest BCUT2D eigenvalue weighted by atomic mass is 35.5. The molecule has 1 heterocycles. The standard InChI is InChI=1S/C15H20Cl3N3O.ClH/c1-9-3-2-4-21(14(9)7-19)8-15(22)20-13-6-11(17)10(16)5-12(13)18;/h5-6,9,14H,2-4,7-8,19H2,1H3,(H,20,22);1H. The molecule has 2 rings (SSSR count). The molecule has 4 nitrogen and oxygen atoms in total. The molecular formula is C15H21Cl4N3O. The average Bonchev–Trinajstić information content (AvgIpc) is 2.45. The maximum atomic E-state index is 12.3. The maximum Gasteiger partial charge on any atom is 0.238 e. The second-order valence-corrected chi connectivity index (χ2v) is 6.91. The minimum atomic E-state index is -0.132. The lowest BCUT2D eigenvalue weighted by molar-refractivity contribution is -0.118. The number of halogens is 4. The summed E-state index contributed by atoms with van der Waals surface area (Å²) < 4.78 is 0. The SMILES string of the molecule is CC1CCCN(CC(=O)Nc2cc(Cl)c(Cl)cc2Cl)C1CN.Cl. The van der Waals surface area contributed by atoms with Gasteiger partial charge in [-0.1, -0.05) is 41.7 Å². The predicted molar refractivity (Wildman–Crippen MR) is 100 cm³/mol. The number of carbonyl (C=O) groups is 1. The van der Waals surface area contributed by atoms with Gasteiger partial charge in [0.2, 0.25) is 5.91 Å². The molecule has 0 radical (unpaired) electrons. The van der Waals surface area contributed by atoms with Crippen LogP contribution in [-0.4, -0.2) is 36.5 Å². The molecule has 8 heteroatoms. The number of anilines is 1. The fourth-order valence-electron chi connectivity index (χ4n) is 2.90. The predicted octanol–water partition coefficient (Wildman–Crippen LogP) is 4.07. The van der Waals surface area contributed by atoms with Crippen LogP contribution in [0.25, 0.3) is 0 Å². The molecule has 1 aliphatic rings. The first-order chi connectivity index (χ1) is 10.4. The normalized spacial score (nSPS) is 21.6. The van der Waals surface area contributed by atoms with Gasteiger partial charge in [-0.15, -0.1) is 12.4 Å². The Morgan fingerprint density at radius 1 is 1.30 bits per heavy atom. The Labute approximate surface area is 158 Å². The second kappa shape index (κ2) is 9.30. The van der Waals surface area contributed by atoms with Crippen molar-refractivity contribution in [2.24, 2.45) is 11.7 Å². The van der Waals surface area contributed by atoms with Gasteiger partial charge in [0, 0.05) is 12.6 Å². The molecule has 23 heavy (non-hydrogen) atoms. The van der Waals surface area contributed by atoms with Crippen molar-refractivity contribution >= 4 is 58.8 Å². The van der Waals surface area contributed by atoms with E-state index in [0.29, 0.717) is 39.8 Å². The fraction of sp³-hybridized carbons (Fsp3) is 0.533. The summed E-state index contributed by atoms with van der Waals surface area (Å²) >= 11 is 17.9. The minimum Gasteiger partial charge on any atom is -0.329 e. The van der Waals surface area contributed by atoms with E-state index in [1.165, 1.54) is 6.07 Å². The van der Waals surface area contributed by atoms with E-state index >= 15 is 0 Å². The van der Waals surface area contributed by atoms with Gasteiger partial charge in [-0.2, -0.15) is 0 Å². The number of nitrogens with one attached hydrogen (secondary N) is 1. The Morgan fingerprint density at radius 2 is 1.96 bits per heavy atom. The molecule has 1 amide bonds. The van der Waals surface area contributed by atoms with Gasteiger partial charge in [0.05, 0.1) is 27.3 Å². The van der Waals surface area contributed by atoms with E-state index in [2.05, 4.69) is 17.1 Å². The van der Waals surface area contributed by atoms with Gasteiger partial charge in [0.1, 0.15) is 0 Å². The van der Waals surface area contributed by atoms with Gasteiger partial charge in [-0.25, -0.2) is 0 Å². The summed E-state index contributed by atoms with van der Waals surface area (Å²) in [5, 5.41) is 3.87. The van der Waals surface area contributed by atoms with Crippen LogP contribution in [0.5, 0.6) is 0 Å². The van der Waals surface area contributed by atoms with Crippen LogP contribution >= 0.6 is 47.2 Å². The summed E-state index contributed by atoms with van der Waals surface area (Å²) in [5.74, 6) is 0.368. The molecule has 3 N–H and O–H groups in total. The lowest BCUT2D eigenvalue weighted by Gasteiger charge is -2.38. The maximum absolute atomic E-state index is 12.3. The van der Waals surface area contributed by atoms with Gasteiger partial charge in [-0.3, -0.25) is 9.69 Å². The highest BCUT2D eigenvalue weighted by Gasteiger charge is 2.28. The molecular weight excluding hydrogens is 380 g/mol. The summed E-state index contributed by atoms with van der Waals surface area (Å²) in [6, 6.07) is 3.32.